The van der Waals surface area contributed by atoms with Gasteiger partial charge in [-0.2, -0.15) is 0 Å². The monoisotopic (exact) mass is 305 g/mol. The molecule has 120 valence electrons. The standard InChI is InChI=1S/C17H23NO4/c19-15-10-18(13-6-2-1-3-7-13)11-16(15)22-14-8-4-5-12(9-14)17(20)21/h4-5,8-9,13,15-16,19H,1-3,6-7,10-11H2,(H,20,21)/t15-,16-/m1/s1. The number of aliphatic hydroxyl groups excluding tert-OH is 1. The van der Waals surface area contributed by atoms with Crippen molar-refractivity contribution in [1.29, 1.82) is 0 Å². The summed E-state index contributed by atoms with van der Waals surface area (Å²) >= 11 is 0. The summed E-state index contributed by atoms with van der Waals surface area (Å²) in [6.45, 7) is 1.36. The summed E-state index contributed by atoms with van der Waals surface area (Å²) in [5.74, 6) is -0.462. The molecule has 5 heteroatoms. The SMILES string of the molecule is O=C(O)c1cccc(O[C@@H]2CN(C3CCCCC3)C[C@H]2O)c1. The molecule has 1 saturated heterocycles. The molecule has 22 heavy (non-hydrogen) atoms. The molecule has 1 aliphatic carbocycles. The van der Waals surface area contributed by atoms with Crippen molar-refractivity contribution in [2.24, 2.45) is 0 Å². The number of rotatable bonds is 4. The Kier molecular flexibility index (Phi) is 4.64. The van der Waals surface area contributed by atoms with Crippen LogP contribution < -0.4 is 4.74 Å². The Balaban J connectivity index is 1.63. The summed E-state index contributed by atoms with van der Waals surface area (Å²) in [5, 5.41) is 19.3. The Hall–Kier alpha value is -1.59. The van der Waals surface area contributed by atoms with E-state index < -0.39 is 12.1 Å². The van der Waals surface area contributed by atoms with E-state index in [4.69, 9.17) is 9.84 Å². The Bertz CT molecular complexity index is 527. The van der Waals surface area contributed by atoms with E-state index in [1.807, 2.05) is 0 Å². The molecule has 0 amide bonds. The van der Waals surface area contributed by atoms with Gasteiger partial charge >= 0.3 is 5.97 Å². The van der Waals surface area contributed by atoms with Crippen LogP contribution in [-0.2, 0) is 0 Å². The van der Waals surface area contributed by atoms with Crippen LogP contribution in [-0.4, -0.2) is 52.4 Å². The molecule has 1 heterocycles. The molecule has 2 N–H and O–H groups in total. The molecule has 1 saturated carbocycles. The maximum Gasteiger partial charge on any atom is 0.335 e. The van der Waals surface area contributed by atoms with E-state index in [2.05, 4.69) is 4.90 Å². The first-order valence-corrected chi connectivity index (χ1v) is 8.05. The largest absolute Gasteiger partial charge is 0.486 e. The van der Waals surface area contributed by atoms with Gasteiger partial charge < -0.3 is 14.9 Å². The summed E-state index contributed by atoms with van der Waals surface area (Å²) < 4.78 is 5.84. The van der Waals surface area contributed by atoms with Gasteiger partial charge in [0.05, 0.1) is 5.56 Å². The second-order valence-corrected chi connectivity index (χ2v) is 6.30. The van der Waals surface area contributed by atoms with Crippen LogP contribution >= 0.6 is 0 Å². The van der Waals surface area contributed by atoms with Gasteiger partial charge in [-0.1, -0.05) is 25.3 Å². The predicted molar refractivity (Wildman–Crippen MR) is 82.3 cm³/mol. The number of benzene rings is 1. The van der Waals surface area contributed by atoms with Gasteiger partial charge in [0.15, 0.2) is 0 Å². The lowest BCUT2D eigenvalue weighted by Gasteiger charge is -2.30. The zero-order valence-electron chi connectivity index (χ0n) is 12.6. The van der Waals surface area contributed by atoms with Crippen molar-refractivity contribution in [3.63, 3.8) is 0 Å². The smallest absolute Gasteiger partial charge is 0.335 e. The number of hydrogen-bond donors (Lipinski definition) is 2. The summed E-state index contributed by atoms with van der Waals surface area (Å²) in [6, 6.07) is 7.01. The van der Waals surface area contributed by atoms with Crippen molar-refractivity contribution >= 4 is 5.97 Å². The number of aliphatic hydroxyl groups is 1. The maximum atomic E-state index is 11.0. The second-order valence-electron chi connectivity index (χ2n) is 6.30. The number of carboxylic acids is 1. The van der Waals surface area contributed by atoms with E-state index in [0.29, 0.717) is 24.9 Å². The summed E-state index contributed by atoms with van der Waals surface area (Å²) in [6.07, 6.45) is 5.45. The van der Waals surface area contributed by atoms with Crippen molar-refractivity contribution in [3.8, 4) is 5.75 Å². The van der Waals surface area contributed by atoms with Crippen LogP contribution in [0.4, 0.5) is 0 Å². The normalized spacial score (nSPS) is 27.0. The molecular formula is C17H23NO4. The lowest BCUT2D eigenvalue weighted by atomic mass is 9.94. The highest BCUT2D eigenvalue weighted by Gasteiger charge is 2.36. The van der Waals surface area contributed by atoms with E-state index in [1.165, 1.54) is 44.2 Å². The molecule has 5 nitrogen and oxygen atoms in total. The molecule has 0 unspecified atom stereocenters. The lowest BCUT2D eigenvalue weighted by molar-refractivity contribution is 0.0688. The van der Waals surface area contributed by atoms with Crippen molar-refractivity contribution in [2.75, 3.05) is 13.1 Å². The van der Waals surface area contributed by atoms with Crippen molar-refractivity contribution in [2.45, 2.75) is 50.4 Å². The van der Waals surface area contributed by atoms with Crippen LogP contribution in [0.3, 0.4) is 0 Å². The van der Waals surface area contributed by atoms with Crippen LogP contribution in [0.2, 0.25) is 0 Å². The van der Waals surface area contributed by atoms with E-state index in [-0.39, 0.29) is 11.7 Å². The maximum absolute atomic E-state index is 11.0. The minimum atomic E-state index is -0.971. The van der Waals surface area contributed by atoms with Gasteiger partial charge in [-0.3, -0.25) is 4.90 Å². The molecule has 0 bridgehead atoms. The van der Waals surface area contributed by atoms with Crippen LogP contribution in [0.15, 0.2) is 24.3 Å². The average molecular weight is 305 g/mol. The van der Waals surface area contributed by atoms with E-state index in [0.717, 1.165) is 0 Å². The molecule has 3 rings (SSSR count). The predicted octanol–water partition coefficient (Wildman–Crippen LogP) is 2.14. The first-order chi connectivity index (χ1) is 10.6. The summed E-state index contributed by atoms with van der Waals surface area (Å²) in [5.41, 5.74) is 0.203. The molecule has 1 aromatic carbocycles. The Morgan fingerprint density at radius 3 is 2.68 bits per heavy atom. The van der Waals surface area contributed by atoms with Gasteiger partial charge in [0.25, 0.3) is 0 Å². The highest BCUT2D eigenvalue weighted by Crippen LogP contribution is 2.27. The zero-order valence-corrected chi connectivity index (χ0v) is 12.6. The minimum absolute atomic E-state index is 0.203. The molecule has 0 aromatic heterocycles. The Morgan fingerprint density at radius 1 is 1.18 bits per heavy atom. The fraction of sp³-hybridized carbons (Fsp3) is 0.588. The lowest BCUT2D eigenvalue weighted by Crippen LogP contribution is -2.36. The van der Waals surface area contributed by atoms with Gasteiger partial charge in [0, 0.05) is 19.1 Å². The van der Waals surface area contributed by atoms with Crippen LogP contribution in [0.1, 0.15) is 42.5 Å². The number of likely N-dealkylation sites (tertiary alicyclic amines) is 1. The molecule has 2 atom stereocenters. The zero-order chi connectivity index (χ0) is 15.5. The second kappa shape index (κ2) is 6.67. The molecule has 0 spiro atoms. The highest BCUT2D eigenvalue weighted by atomic mass is 16.5. The van der Waals surface area contributed by atoms with Gasteiger partial charge in [-0.05, 0) is 31.0 Å². The molecule has 1 aromatic rings. The van der Waals surface area contributed by atoms with Crippen LogP contribution in [0.25, 0.3) is 0 Å². The van der Waals surface area contributed by atoms with E-state index >= 15 is 0 Å². The number of carboxylic acid groups (broad SMARTS) is 1. The van der Waals surface area contributed by atoms with Gasteiger partial charge in [0.1, 0.15) is 18.0 Å². The molecule has 2 aliphatic rings. The molecule has 1 aliphatic heterocycles. The molecular weight excluding hydrogens is 282 g/mol. The quantitative estimate of drug-likeness (QED) is 0.892. The highest BCUT2D eigenvalue weighted by molar-refractivity contribution is 5.87. The first kappa shape index (κ1) is 15.3. The number of carbonyl (C=O) groups is 1. The number of ether oxygens (including phenoxy) is 1. The topological polar surface area (TPSA) is 70.0 Å². The van der Waals surface area contributed by atoms with Crippen LogP contribution in [0.5, 0.6) is 5.75 Å². The summed E-state index contributed by atoms with van der Waals surface area (Å²) in [7, 11) is 0. The van der Waals surface area contributed by atoms with Crippen LogP contribution in [0, 0.1) is 0 Å². The third-order valence-electron chi connectivity index (χ3n) is 4.72. The van der Waals surface area contributed by atoms with E-state index in [1.54, 1.807) is 12.1 Å². The van der Waals surface area contributed by atoms with Gasteiger partial charge in [-0.15, -0.1) is 0 Å². The number of hydrogen-bond acceptors (Lipinski definition) is 4. The third-order valence-corrected chi connectivity index (χ3v) is 4.72. The minimum Gasteiger partial charge on any atom is -0.486 e. The van der Waals surface area contributed by atoms with Crippen molar-refractivity contribution < 1.29 is 19.7 Å². The van der Waals surface area contributed by atoms with E-state index in [9.17, 15) is 9.90 Å². The number of nitrogens with zero attached hydrogens (tertiary/aromatic N) is 1. The summed E-state index contributed by atoms with van der Waals surface area (Å²) in [4.78, 5) is 13.3. The first-order valence-electron chi connectivity index (χ1n) is 8.05. The van der Waals surface area contributed by atoms with Gasteiger partial charge in [-0.25, -0.2) is 4.79 Å². The van der Waals surface area contributed by atoms with Crippen molar-refractivity contribution in [3.05, 3.63) is 29.8 Å². The average Bonchev–Trinajstić information content (AvgIpc) is 2.89. The van der Waals surface area contributed by atoms with Crippen molar-refractivity contribution in [1.82, 2.24) is 4.90 Å². The van der Waals surface area contributed by atoms with Gasteiger partial charge in [0.2, 0.25) is 0 Å². The molecule has 0 radical (unpaired) electrons. The third kappa shape index (κ3) is 3.42. The Labute approximate surface area is 130 Å². The Morgan fingerprint density at radius 2 is 1.95 bits per heavy atom. The molecule has 2 fully saturated rings. The number of β-amino-alcohol motifs (C(OH)–C–C–N with tert-alkyl or cyclic N) is 1. The fourth-order valence-corrected chi connectivity index (χ4v) is 3.52. The fourth-order valence-electron chi connectivity index (χ4n) is 3.52. The number of aromatic carboxylic acids is 1.